The molecule has 1 aliphatic heterocycles. The molecule has 2 rings (SSSR count). The second kappa shape index (κ2) is 5.70. The van der Waals surface area contributed by atoms with Crippen LogP contribution in [0.2, 0.25) is 0 Å². The Kier molecular flexibility index (Phi) is 3.99. The van der Waals surface area contributed by atoms with E-state index in [9.17, 15) is 14.4 Å². The molecule has 20 heavy (non-hydrogen) atoms. The fraction of sp³-hybridized carbons (Fsp3) is 0.308. The number of carbonyl (C=O) groups excluding carboxylic acids is 3. The number of nitrogens with two attached hydrogens (primary N) is 1. The normalized spacial score (nSPS) is 15.5. The van der Waals surface area contributed by atoms with Crippen LogP contribution in [0.4, 0.5) is 0 Å². The quantitative estimate of drug-likeness (QED) is 0.323. The zero-order chi connectivity index (χ0) is 14.7. The van der Waals surface area contributed by atoms with Gasteiger partial charge >= 0.3 is 11.8 Å². The minimum atomic E-state index is -0.521. The van der Waals surface area contributed by atoms with Crippen molar-refractivity contribution >= 4 is 17.7 Å². The molecular weight excluding hydrogens is 260 g/mol. The van der Waals surface area contributed by atoms with Crippen LogP contribution in [0.3, 0.4) is 0 Å². The summed E-state index contributed by atoms with van der Waals surface area (Å²) >= 11 is 0. The molecule has 0 aromatic heterocycles. The highest BCUT2D eigenvalue weighted by Crippen LogP contribution is 2.11. The van der Waals surface area contributed by atoms with Gasteiger partial charge in [0.15, 0.2) is 0 Å². The van der Waals surface area contributed by atoms with Gasteiger partial charge in [0.1, 0.15) is 0 Å². The maximum atomic E-state index is 11.9. The molecule has 0 atom stereocenters. The predicted molar refractivity (Wildman–Crippen MR) is 71.1 cm³/mol. The number of hydrogen-bond acceptors (Lipinski definition) is 4. The number of rotatable bonds is 3. The van der Waals surface area contributed by atoms with E-state index in [1.165, 1.54) is 9.80 Å². The van der Waals surface area contributed by atoms with Crippen molar-refractivity contribution in [1.82, 2.24) is 15.2 Å². The van der Waals surface area contributed by atoms with Crippen molar-refractivity contribution in [2.45, 2.75) is 6.54 Å². The van der Waals surface area contributed by atoms with Gasteiger partial charge in [0.25, 0.3) is 5.91 Å². The number of hydrazine groups is 1. The van der Waals surface area contributed by atoms with Crippen LogP contribution in [0.1, 0.15) is 15.9 Å². The minimum Gasteiger partial charge on any atom is -0.336 e. The Bertz CT molecular complexity index is 558. The molecule has 0 radical (unpaired) electrons. The SMILES string of the molecule is CN1CCN(Cc2cccc(C(=O)NN)c2)C(=O)C1=O. The number of nitrogens with one attached hydrogen (secondary N) is 1. The first kappa shape index (κ1) is 14.0. The molecule has 3 N–H and O–H groups in total. The fourth-order valence-electron chi connectivity index (χ4n) is 2.04. The summed E-state index contributed by atoms with van der Waals surface area (Å²) < 4.78 is 0. The Morgan fingerprint density at radius 2 is 2.05 bits per heavy atom. The van der Waals surface area contributed by atoms with Crippen molar-refractivity contribution in [1.29, 1.82) is 0 Å². The van der Waals surface area contributed by atoms with E-state index in [1.807, 2.05) is 0 Å². The van der Waals surface area contributed by atoms with Crippen molar-refractivity contribution in [2.75, 3.05) is 20.1 Å². The molecule has 0 saturated carbocycles. The smallest absolute Gasteiger partial charge is 0.312 e. The topological polar surface area (TPSA) is 95.7 Å². The van der Waals surface area contributed by atoms with Crippen LogP contribution in [0.15, 0.2) is 24.3 Å². The van der Waals surface area contributed by atoms with Gasteiger partial charge in [-0.2, -0.15) is 0 Å². The second-order valence-corrected chi connectivity index (χ2v) is 4.63. The van der Waals surface area contributed by atoms with Crippen LogP contribution in [-0.2, 0) is 16.1 Å². The Balaban J connectivity index is 2.12. The molecule has 1 aromatic carbocycles. The molecule has 1 aliphatic rings. The first-order valence-electron chi connectivity index (χ1n) is 6.17. The number of hydrogen-bond donors (Lipinski definition) is 2. The molecular formula is C13H16N4O3. The summed E-state index contributed by atoms with van der Waals surface area (Å²) in [6.07, 6.45) is 0. The molecule has 0 bridgehead atoms. The third kappa shape index (κ3) is 2.77. The fourth-order valence-corrected chi connectivity index (χ4v) is 2.04. The van der Waals surface area contributed by atoms with Crippen molar-refractivity contribution < 1.29 is 14.4 Å². The molecule has 1 heterocycles. The lowest BCUT2D eigenvalue weighted by atomic mass is 10.1. The van der Waals surface area contributed by atoms with Gasteiger partial charge < -0.3 is 9.80 Å². The summed E-state index contributed by atoms with van der Waals surface area (Å²) in [7, 11) is 1.60. The Labute approximate surface area is 116 Å². The Morgan fingerprint density at radius 1 is 1.30 bits per heavy atom. The van der Waals surface area contributed by atoms with Crippen molar-refractivity contribution in [3.63, 3.8) is 0 Å². The van der Waals surface area contributed by atoms with Gasteiger partial charge in [0.2, 0.25) is 0 Å². The number of nitrogen functional groups attached to an aromatic ring is 1. The van der Waals surface area contributed by atoms with Gasteiger partial charge in [0.05, 0.1) is 0 Å². The molecule has 1 aromatic rings. The number of benzene rings is 1. The summed E-state index contributed by atoms with van der Waals surface area (Å²) in [5, 5.41) is 0. The van der Waals surface area contributed by atoms with Gasteiger partial charge in [-0.25, -0.2) is 5.84 Å². The van der Waals surface area contributed by atoms with Gasteiger partial charge in [0, 0.05) is 32.2 Å². The summed E-state index contributed by atoms with van der Waals surface area (Å²) in [6, 6.07) is 6.78. The van der Waals surface area contributed by atoms with E-state index in [-0.39, 0.29) is 0 Å². The van der Waals surface area contributed by atoms with E-state index < -0.39 is 17.7 Å². The molecule has 0 unspecified atom stereocenters. The largest absolute Gasteiger partial charge is 0.336 e. The first-order valence-corrected chi connectivity index (χ1v) is 6.17. The zero-order valence-electron chi connectivity index (χ0n) is 11.1. The lowest BCUT2D eigenvalue weighted by Gasteiger charge is -2.31. The predicted octanol–water partition coefficient (Wildman–Crippen LogP) is -0.909. The third-order valence-corrected chi connectivity index (χ3v) is 3.22. The van der Waals surface area contributed by atoms with Crippen LogP contribution in [0.5, 0.6) is 0 Å². The monoisotopic (exact) mass is 276 g/mol. The highest BCUT2D eigenvalue weighted by molar-refractivity contribution is 6.35. The van der Waals surface area contributed by atoms with E-state index in [2.05, 4.69) is 5.43 Å². The Hall–Kier alpha value is -2.41. The number of amides is 3. The Morgan fingerprint density at radius 3 is 2.75 bits per heavy atom. The highest BCUT2D eigenvalue weighted by atomic mass is 16.2. The standard InChI is InChI=1S/C13H16N4O3/c1-16-5-6-17(13(20)12(16)19)8-9-3-2-4-10(7-9)11(18)15-14/h2-4,7H,5-6,8,14H2,1H3,(H,15,18). The van der Waals surface area contributed by atoms with Crippen LogP contribution >= 0.6 is 0 Å². The van der Waals surface area contributed by atoms with E-state index >= 15 is 0 Å². The molecule has 7 heteroatoms. The van der Waals surface area contributed by atoms with E-state index in [0.29, 0.717) is 25.2 Å². The van der Waals surface area contributed by atoms with E-state index in [0.717, 1.165) is 5.56 Å². The molecule has 0 spiro atoms. The number of likely N-dealkylation sites (N-methyl/N-ethyl adjacent to an activating group) is 1. The lowest BCUT2D eigenvalue weighted by Crippen LogP contribution is -2.52. The van der Waals surface area contributed by atoms with Crippen molar-refractivity contribution in [3.05, 3.63) is 35.4 Å². The summed E-state index contributed by atoms with van der Waals surface area (Å²) in [6.45, 7) is 1.28. The van der Waals surface area contributed by atoms with Gasteiger partial charge in [-0.1, -0.05) is 12.1 Å². The summed E-state index contributed by atoms with van der Waals surface area (Å²) in [5.74, 6) is 3.66. The van der Waals surface area contributed by atoms with E-state index in [4.69, 9.17) is 5.84 Å². The maximum Gasteiger partial charge on any atom is 0.312 e. The third-order valence-electron chi connectivity index (χ3n) is 3.22. The molecule has 1 saturated heterocycles. The van der Waals surface area contributed by atoms with Gasteiger partial charge in [-0.3, -0.25) is 19.8 Å². The maximum absolute atomic E-state index is 11.9. The summed E-state index contributed by atoms with van der Waals surface area (Å²) in [4.78, 5) is 37.8. The van der Waals surface area contributed by atoms with Crippen LogP contribution in [-0.4, -0.2) is 47.7 Å². The van der Waals surface area contributed by atoms with Gasteiger partial charge in [-0.05, 0) is 17.7 Å². The molecule has 1 fully saturated rings. The molecule has 3 amide bonds. The van der Waals surface area contributed by atoms with E-state index in [1.54, 1.807) is 31.3 Å². The molecule has 7 nitrogen and oxygen atoms in total. The average molecular weight is 276 g/mol. The van der Waals surface area contributed by atoms with Crippen LogP contribution < -0.4 is 11.3 Å². The van der Waals surface area contributed by atoms with Crippen LogP contribution in [0.25, 0.3) is 0 Å². The minimum absolute atomic E-state index is 0.296. The first-order chi connectivity index (χ1) is 9.52. The van der Waals surface area contributed by atoms with Gasteiger partial charge in [-0.15, -0.1) is 0 Å². The second-order valence-electron chi connectivity index (χ2n) is 4.63. The lowest BCUT2D eigenvalue weighted by molar-refractivity contribution is -0.155. The summed E-state index contributed by atoms with van der Waals surface area (Å²) in [5.41, 5.74) is 3.24. The number of nitrogens with zero attached hydrogens (tertiary/aromatic N) is 2. The van der Waals surface area contributed by atoms with Crippen molar-refractivity contribution in [3.8, 4) is 0 Å². The average Bonchev–Trinajstić information content (AvgIpc) is 2.47. The highest BCUT2D eigenvalue weighted by Gasteiger charge is 2.30. The molecule has 0 aliphatic carbocycles. The number of carbonyl (C=O) groups is 3. The van der Waals surface area contributed by atoms with Crippen molar-refractivity contribution in [2.24, 2.45) is 5.84 Å². The number of piperazine rings is 1. The zero-order valence-corrected chi connectivity index (χ0v) is 11.1. The van der Waals surface area contributed by atoms with Crippen LogP contribution in [0, 0.1) is 0 Å². The molecule has 106 valence electrons.